The molecule has 1 aromatic heterocycles. The minimum Gasteiger partial charge on any atom is -0.421 e. The molecule has 0 aliphatic heterocycles. The molecule has 0 aliphatic rings. The van der Waals surface area contributed by atoms with Gasteiger partial charge >= 0.3 is 13.4 Å². The number of carbonyl (C=O) groups is 1. The summed E-state index contributed by atoms with van der Waals surface area (Å²) in [6.45, 7) is 5.65. The number of nitrogens with one attached hydrogen (secondary N) is 1. The van der Waals surface area contributed by atoms with Gasteiger partial charge in [-0.3, -0.25) is 19.4 Å². The van der Waals surface area contributed by atoms with Gasteiger partial charge in [0.25, 0.3) is 5.91 Å². The quantitative estimate of drug-likeness (QED) is 0.222. The first-order valence-corrected chi connectivity index (χ1v) is 10.6. The van der Waals surface area contributed by atoms with Crippen molar-refractivity contribution in [2.45, 2.75) is 33.6 Å². The minimum absolute atomic E-state index is 0.0549. The van der Waals surface area contributed by atoms with E-state index >= 15 is 0 Å². The molecule has 0 aromatic carbocycles. The summed E-state index contributed by atoms with van der Waals surface area (Å²) in [5.74, 6) is -1.06. The molecule has 12 heteroatoms. The number of nitro groups is 1. The van der Waals surface area contributed by atoms with Crippen LogP contribution in [0.4, 0.5) is 11.5 Å². The number of hydrogen-bond donors (Lipinski definition) is 1. The summed E-state index contributed by atoms with van der Waals surface area (Å²) in [7, 11) is -3.76. The largest absolute Gasteiger partial charge is 0.461 e. The van der Waals surface area contributed by atoms with Crippen LogP contribution >= 0.6 is 19.3 Å². The fourth-order valence-electron chi connectivity index (χ4n) is 2.08. The molecule has 28 heavy (non-hydrogen) atoms. The third-order valence-corrected chi connectivity index (χ3v) is 5.78. The fraction of sp³-hybridized carbons (Fsp3) is 0.500. The van der Waals surface area contributed by atoms with Crippen molar-refractivity contribution >= 4 is 36.8 Å². The monoisotopic (exact) mass is 434 g/mol. The van der Waals surface area contributed by atoms with E-state index in [0.29, 0.717) is 13.1 Å². The molecule has 0 aliphatic carbocycles. The highest BCUT2D eigenvalue weighted by Gasteiger charge is 2.33. The lowest BCUT2D eigenvalue weighted by atomic mass is 10.3. The second-order valence-electron chi connectivity index (χ2n) is 5.47. The minimum atomic E-state index is -3.76. The summed E-state index contributed by atoms with van der Waals surface area (Å²) in [5, 5.41) is 13.4. The second-order valence-corrected chi connectivity index (χ2v) is 7.88. The molecule has 0 spiro atoms. The van der Waals surface area contributed by atoms with E-state index in [0.717, 1.165) is 25.1 Å². The van der Waals surface area contributed by atoms with Crippen LogP contribution in [0.2, 0.25) is 5.02 Å². The number of unbranched alkanes of at least 4 members (excludes halogenated alkanes) is 1. The Balaban J connectivity index is 2.85. The summed E-state index contributed by atoms with van der Waals surface area (Å²) >= 11 is 5.69. The number of halogens is 1. The van der Waals surface area contributed by atoms with Crippen LogP contribution in [0.1, 0.15) is 33.6 Å². The van der Waals surface area contributed by atoms with Crippen LogP contribution in [0.3, 0.4) is 0 Å². The molecular weight excluding hydrogens is 411 g/mol. The van der Waals surface area contributed by atoms with Gasteiger partial charge < -0.3 is 9.84 Å². The number of aromatic nitrogens is 1. The summed E-state index contributed by atoms with van der Waals surface area (Å²) in [6, 6.07) is 1.06. The number of anilines is 1. The number of hydrogen-bond acceptors (Lipinski definition) is 7. The number of carbonyl (C=O) groups excluding carboxylic acids is 1. The van der Waals surface area contributed by atoms with Crippen LogP contribution in [0.5, 0.6) is 0 Å². The molecule has 1 amide bonds. The van der Waals surface area contributed by atoms with E-state index in [2.05, 4.69) is 10.3 Å². The van der Waals surface area contributed by atoms with Crippen LogP contribution in [-0.4, -0.2) is 40.2 Å². The van der Waals surface area contributed by atoms with Crippen LogP contribution in [0.15, 0.2) is 24.6 Å². The summed E-state index contributed by atoms with van der Waals surface area (Å²) in [4.78, 5) is 26.2. The molecule has 1 heterocycles. The molecule has 0 radical (unpaired) electrons. The lowest BCUT2D eigenvalue weighted by Gasteiger charge is -2.26. The van der Waals surface area contributed by atoms with Crippen LogP contribution in [0.25, 0.3) is 0 Å². The zero-order valence-electron chi connectivity index (χ0n) is 16.0. The highest BCUT2D eigenvalue weighted by Crippen LogP contribution is 2.52. The molecule has 0 fully saturated rings. The highest BCUT2D eigenvalue weighted by molar-refractivity contribution is 7.51. The molecule has 0 saturated heterocycles. The maximum absolute atomic E-state index is 13.0. The Labute approximate surface area is 168 Å². The Kier molecular flexibility index (Phi) is 10.1. The van der Waals surface area contributed by atoms with Crippen LogP contribution in [-0.2, 0) is 18.4 Å². The van der Waals surface area contributed by atoms with E-state index in [1.807, 2.05) is 6.92 Å². The van der Waals surface area contributed by atoms with Crippen molar-refractivity contribution in [3.63, 3.8) is 0 Å². The predicted molar refractivity (Wildman–Crippen MR) is 106 cm³/mol. The third-order valence-electron chi connectivity index (χ3n) is 3.47. The maximum Gasteiger partial charge on any atom is 0.461 e. The third kappa shape index (κ3) is 7.20. The van der Waals surface area contributed by atoms with Gasteiger partial charge in [-0.1, -0.05) is 38.8 Å². The van der Waals surface area contributed by atoms with E-state index in [-0.39, 0.29) is 10.8 Å². The van der Waals surface area contributed by atoms with Gasteiger partial charge in [-0.05, 0) is 12.5 Å². The Hall–Kier alpha value is -2.00. The van der Waals surface area contributed by atoms with Gasteiger partial charge in [0.15, 0.2) is 0 Å². The average molecular weight is 435 g/mol. The Morgan fingerprint density at radius 3 is 2.68 bits per heavy atom. The predicted octanol–water partition coefficient (Wildman–Crippen LogP) is 4.38. The summed E-state index contributed by atoms with van der Waals surface area (Å²) < 4.78 is 25.1. The normalized spacial score (nSPS) is 13.5. The van der Waals surface area contributed by atoms with Crippen molar-refractivity contribution in [1.29, 1.82) is 0 Å². The second kappa shape index (κ2) is 11.8. The number of nitrogens with zero attached hydrogens (tertiary/aromatic N) is 3. The molecule has 1 unspecified atom stereocenters. The maximum atomic E-state index is 13.0. The van der Waals surface area contributed by atoms with Crippen molar-refractivity contribution < 1.29 is 23.3 Å². The van der Waals surface area contributed by atoms with Gasteiger partial charge in [0.05, 0.1) is 16.2 Å². The van der Waals surface area contributed by atoms with Gasteiger partial charge in [0.2, 0.25) is 5.82 Å². The molecule has 0 saturated carbocycles. The Morgan fingerprint density at radius 2 is 2.11 bits per heavy atom. The molecular formula is C16H24ClN4O6P. The van der Waals surface area contributed by atoms with E-state index < -0.39 is 30.9 Å². The summed E-state index contributed by atoms with van der Waals surface area (Å²) in [5.41, 5.74) is -0.466. The number of rotatable bonds is 12. The zero-order valence-corrected chi connectivity index (χ0v) is 17.6. The van der Waals surface area contributed by atoms with Crippen molar-refractivity contribution in [3.05, 3.63) is 39.7 Å². The molecule has 1 rings (SSSR count). The smallest absolute Gasteiger partial charge is 0.421 e. The standard InChI is InChI=1S/C16H24ClN4O6P/c1-4-7-8-9-26-28(25,20(5-2)6-3)27-12-15(22)19-16-14(21(23)24)10-13(17)11-18-16/h8-11H,4-7,12H2,1-3H3,(H,18,19,22). The van der Waals surface area contributed by atoms with Crippen LogP contribution < -0.4 is 5.32 Å². The topological polar surface area (TPSA) is 124 Å². The van der Waals surface area contributed by atoms with E-state index in [1.54, 1.807) is 19.9 Å². The lowest BCUT2D eigenvalue weighted by molar-refractivity contribution is -0.384. The number of allylic oxidation sites excluding steroid dienone is 1. The van der Waals surface area contributed by atoms with Crippen LogP contribution in [0, 0.1) is 10.1 Å². The van der Waals surface area contributed by atoms with Gasteiger partial charge in [0, 0.05) is 25.4 Å². The molecule has 10 nitrogen and oxygen atoms in total. The highest BCUT2D eigenvalue weighted by atomic mass is 35.5. The van der Waals surface area contributed by atoms with Gasteiger partial charge in [-0.15, -0.1) is 0 Å². The molecule has 1 aromatic rings. The molecule has 0 bridgehead atoms. The molecule has 1 N–H and O–H groups in total. The Bertz CT molecular complexity index is 757. The van der Waals surface area contributed by atoms with Crippen molar-refractivity contribution in [1.82, 2.24) is 9.65 Å². The lowest BCUT2D eigenvalue weighted by Crippen LogP contribution is -2.25. The summed E-state index contributed by atoms with van der Waals surface area (Å²) in [6.07, 6.45) is 5.80. The molecule has 156 valence electrons. The molecule has 1 atom stereocenters. The van der Waals surface area contributed by atoms with Crippen molar-refractivity contribution in [2.75, 3.05) is 25.0 Å². The Morgan fingerprint density at radius 1 is 1.43 bits per heavy atom. The van der Waals surface area contributed by atoms with Crippen molar-refractivity contribution in [2.24, 2.45) is 0 Å². The van der Waals surface area contributed by atoms with E-state index in [1.165, 1.54) is 10.9 Å². The van der Waals surface area contributed by atoms with Gasteiger partial charge in [-0.2, -0.15) is 4.67 Å². The number of pyridine rings is 1. The first-order valence-electron chi connectivity index (χ1n) is 8.70. The zero-order chi connectivity index (χ0) is 21.2. The number of amides is 1. The SMILES string of the molecule is CCCC=COP(=O)(OCC(=O)Nc1ncc(Cl)cc1[N+](=O)[O-])N(CC)CC. The fourth-order valence-corrected chi connectivity index (χ4v) is 3.80. The van der Waals surface area contributed by atoms with E-state index in [9.17, 15) is 19.5 Å². The van der Waals surface area contributed by atoms with Gasteiger partial charge in [0.1, 0.15) is 6.61 Å². The first kappa shape index (κ1) is 24.0. The van der Waals surface area contributed by atoms with Gasteiger partial charge in [-0.25, -0.2) is 9.55 Å². The van der Waals surface area contributed by atoms with E-state index in [4.69, 9.17) is 20.6 Å². The average Bonchev–Trinajstić information content (AvgIpc) is 2.66. The first-order chi connectivity index (χ1) is 13.3. The van der Waals surface area contributed by atoms with Crippen molar-refractivity contribution in [3.8, 4) is 0 Å².